The maximum atomic E-state index is 13.4. The first-order valence-electron chi connectivity index (χ1n) is 10.1. The number of aromatic nitrogens is 1. The number of nitrogens with zero attached hydrogens (tertiary/aromatic N) is 2. The molecule has 0 unspecified atom stereocenters. The van der Waals surface area contributed by atoms with Crippen LogP contribution in [-0.4, -0.2) is 24.7 Å². The summed E-state index contributed by atoms with van der Waals surface area (Å²) in [5, 5.41) is 3.95. The van der Waals surface area contributed by atoms with Crippen molar-refractivity contribution in [2.45, 2.75) is 40.2 Å². The summed E-state index contributed by atoms with van der Waals surface area (Å²) in [6.07, 6.45) is 1.87. The van der Waals surface area contributed by atoms with Gasteiger partial charge in [-0.2, -0.15) is 0 Å². The first-order valence-corrected chi connectivity index (χ1v) is 10.1. The van der Waals surface area contributed by atoms with Crippen LogP contribution < -0.4 is 14.4 Å². The molecule has 0 N–H and O–H groups in total. The molecule has 3 aromatic rings. The average molecular weight is 406 g/mol. The summed E-state index contributed by atoms with van der Waals surface area (Å²) in [6.45, 7) is 6.84. The number of aryl methyl sites for hydroxylation is 3. The van der Waals surface area contributed by atoms with Gasteiger partial charge in [0.1, 0.15) is 23.9 Å². The average Bonchev–Trinajstić information content (AvgIpc) is 3.09. The van der Waals surface area contributed by atoms with Crippen LogP contribution in [0.2, 0.25) is 0 Å². The topological polar surface area (TPSA) is 64.8 Å². The fraction of sp³-hybridized carbons (Fsp3) is 0.333. The molecule has 1 aromatic heterocycles. The van der Waals surface area contributed by atoms with Gasteiger partial charge < -0.3 is 18.9 Å². The molecule has 4 rings (SSSR count). The van der Waals surface area contributed by atoms with Crippen molar-refractivity contribution in [2.24, 2.45) is 0 Å². The number of amides is 1. The summed E-state index contributed by atoms with van der Waals surface area (Å²) in [5.41, 5.74) is 5.57. The highest BCUT2D eigenvalue weighted by atomic mass is 16.5. The molecule has 0 aliphatic carbocycles. The maximum absolute atomic E-state index is 13.4. The molecule has 2 aromatic carbocycles. The van der Waals surface area contributed by atoms with Crippen LogP contribution in [0.3, 0.4) is 0 Å². The minimum Gasteiger partial charge on any atom is -0.495 e. The molecule has 30 heavy (non-hydrogen) atoms. The molecule has 1 amide bonds. The summed E-state index contributed by atoms with van der Waals surface area (Å²) >= 11 is 0. The van der Waals surface area contributed by atoms with Gasteiger partial charge in [0.25, 0.3) is 5.91 Å². The Hall–Kier alpha value is -3.28. The number of hydrogen-bond acceptors (Lipinski definition) is 5. The lowest BCUT2D eigenvalue weighted by molar-refractivity contribution is 0.0984. The number of carbonyl (C=O) groups is 1. The Bertz CT molecular complexity index is 1070. The Balaban J connectivity index is 1.60. The van der Waals surface area contributed by atoms with E-state index in [9.17, 15) is 4.79 Å². The molecule has 0 spiro atoms. The quantitative estimate of drug-likeness (QED) is 0.610. The third kappa shape index (κ3) is 3.65. The summed E-state index contributed by atoms with van der Waals surface area (Å²) in [7, 11) is 1.64. The Morgan fingerprint density at radius 1 is 1.20 bits per heavy atom. The Labute approximate surface area is 176 Å². The predicted molar refractivity (Wildman–Crippen MR) is 114 cm³/mol. The molecule has 2 heterocycles. The zero-order chi connectivity index (χ0) is 21.3. The highest BCUT2D eigenvalue weighted by Crippen LogP contribution is 2.39. The van der Waals surface area contributed by atoms with E-state index in [0.29, 0.717) is 24.5 Å². The summed E-state index contributed by atoms with van der Waals surface area (Å²) in [6, 6.07) is 11.3. The van der Waals surface area contributed by atoms with E-state index in [1.807, 2.05) is 43.0 Å². The van der Waals surface area contributed by atoms with Crippen LogP contribution in [0.25, 0.3) is 0 Å². The number of anilines is 1. The van der Waals surface area contributed by atoms with Crippen LogP contribution >= 0.6 is 0 Å². The van der Waals surface area contributed by atoms with Gasteiger partial charge in [0.2, 0.25) is 0 Å². The maximum Gasteiger partial charge on any atom is 0.258 e. The molecular formula is C24H26N2O4. The summed E-state index contributed by atoms with van der Waals surface area (Å²) in [4.78, 5) is 15.3. The molecule has 0 atom stereocenters. The molecule has 1 aliphatic rings. The number of fused-ring (bicyclic) bond motifs is 1. The predicted octanol–water partition coefficient (Wildman–Crippen LogP) is 4.78. The van der Waals surface area contributed by atoms with E-state index in [-0.39, 0.29) is 5.91 Å². The van der Waals surface area contributed by atoms with Crippen LogP contribution in [-0.2, 0) is 13.0 Å². The summed E-state index contributed by atoms with van der Waals surface area (Å²) < 4.78 is 16.7. The van der Waals surface area contributed by atoms with Gasteiger partial charge >= 0.3 is 0 Å². The van der Waals surface area contributed by atoms with Crippen LogP contribution in [0.5, 0.6) is 11.5 Å². The van der Waals surface area contributed by atoms with Crippen molar-refractivity contribution in [2.75, 3.05) is 18.6 Å². The molecule has 0 saturated heterocycles. The van der Waals surface area contributed by atoms with Crippen molar-refractivity contribution >= 4 is 11.6 Å². The van der Waals surface area contributed by atoms with Gasteiger partial charge in [-0.05, 0) is 69.0 Å². The number of methoxy groups -OCH3 is 1. The van der Waals surface area contributed by atoms with E-state index in [1.165, 1.54) is 11.1 Å². The largest absolute Gasteiger partial charge is 0.495 e. The van der Waals surface area contributed by atoms with E-state index >= 15 is 0 Å². The van der Waals surface area contributed by atoms with Crippen LogP contribution in [0.1, 0.15) is 44.9 Å². The normalized spacial score (nSPS) is 13.1. The SMILES string of the molecule is COc1ccc(C)c2c1N(C(=O)c1cccc(OCc3c(C)noc3C)c1)CCC2. The fourth-order valence-corrected chi connectivity index (χ4v) is 3.96. The monoisotopic (exact) mass is 406 g/mol. The second kappa shape index (κ2) is 8.22. The standard InChI is InChI=1S/C24H26N2O4/c1-15-10-11-22(28-4)23-20(15)9-6-12-26(23)24(27)18-7-5-8-19(13-18)29-14-21-16(2)25-30-17(21)3/h5,7-8,10-11,13H,6,9,12,14H2,1-4H3. The molecule has 0 radical (unpaired) electrons. The van der Waals surface area contributed by atoms with Crippen LogP contribution in [0.4, 0.5) is 5.69 Å². The lowest BCUT2D eigenvalue weighted by atomic mass is 9.95. The van der Waals surface area contributed by atoms with Gasteiger partial charge in [0.15, 0.2) is 0 Å². The molecular weight excluding hydrogens is 380 g/mol. The number of rotatable bonds is 5. The smallest absolute Gasteiger partial charge is 0.258 e. The van der Waals surface area contributed by atoms with E-state index < -0.39 is 0 Å². The van der Waals surface area contributed by atoms with Crippen molar-refractivity contribution < 1.29 is 18.8 Å². The molecule has 0 bridgehead atoms. The Morgan fingerprint density at radius 2 is 2.03 bits per heavy atom. The molecule has 1 aliphatic heterocycles. The van der Waals surface area contributed by atoms with Crippen molar-refractivity contribution in [1.82, 2.24) is 5.16 Å². The Kier molecular flexibility index (Phi) is 5.48. The third-order valence-electron chi connectivity index (χ3n) is 5.67. The second-order valence-corrected chi connectivity index (χ2v) is 7.59. The zero-order valence-corrected chi connectivity index (χ0v) is 17.8. The van der Waals surface area contributed by atoms with Crippen LogP contribution in [0.15, 0.2) is 40.9 Å². The highest BCUT2D eigenvalue weighted by Gasteiger charge is 2.28. The number of ether oxygens (including phenoxy) is 2. The van der Waals surface area contributed by atoms with Crippen LogP contribution in [0, 0.1) is 20.8 Å². The number of carbonyl (C=O) groups excluding carboxylic acids is 1. The van der Waals surface area contributed by atoms with Crippen molar-refractivity contribution in [3.05, 3.63) is 70.1 Å². The first-order chi connectivity index (χ1) is 14.5. The van der Waals surface area contributed by atoms with E-state index in [4.69, 9.17) is 14.0 Å². The highest BCUT2D eigenvalue weighted by molar-refractivity contribution is 6.08. The van der Waals surface area contributed by atoms with E-state index in [1.54, 1.807) is 13.2 Å². The van der Waals surface area contributed by atoms with Gasteiger partial charge in [0.05, 0.1) is 24.1 Å². The minimum atomic E-state index is -0.0531. The Morgan fingerprint density at radius 3 is 2.77 bits per heavy atom. The second-order valence-electron chi connectivity index (χ2n) is 7.59. The summed E-state index contributed by atoms with van der Waals surface area (Å²) in [5.74, 6) is 2.05. The van der Waals surface area contributed by atoms with Gasteiger partial charge in [-0.25, -0.2) is 0 Å². The minimum absolute atomic E-state index is 0.0531. The first kappa shape index (κ1) is 20.0. The van der Waals surface area contributed by atoms with Crippen molar-refractivity contribution in [3.63, 3.8) is 0 Å². The zero-order valence-electron chi connectivity index (χ0n) is 17.8. The molecule has 0 saturated carbocycles. The van der Waals surface area contributed by atoms with Gasteiger partial charge in [-0.1, -0.05) is 17.3 Å². The lowest BCUT2D eigenvalue weighted by Gasteiger charge is -2.32. The van der Waals surface area contributed by atoms with Crippen molar-refractivity contribution in [3.8, 4) is 11.5 Å². The van der Waals surface area contributed by atoms with E-state index in [2.05, 4.69) is 18.1 Å². The van der Waals surface area contributed by atoms with Crippen molar-refractivity contribution in [1.29, 1.82) is 0 Å². The molecule has 6 heteroatoms. The fourth-order valence-electron chi connectivity index (χ4n) is 3.96. The van der Waals surface area contributed by atoms with E-state index in [0.717, 1.165) is 41.3 Å². The number of benzene rings is 2. The molecule has 6 nitrogen and oxygen atoms in total. The third-order valence-corrected chi connectivity index (χ3v) is 5.67. The number of hydrogen-bond donors (Lipinski definition) is 0. The van der Waals surface area contributed by atoms with Gasteiger partial charge in [-0.3, -0.25) is 4.79 Å². The lowest BCUT2D eigenvalue weighted by Crippen LogP contribution is -2.36. The van der Waals surface area contributed by atoms with Gasteiger partial charge in [-0.15, -0.1) is 0 Å². The molecule has 156 valence electrons. The van der Waals surface area contributed by atoms with Gasteiger partial charge in [0, 0.05) is 12.1 Å². The molecule has 0 fully saturated rings.